The number of carbonyl (C=O) groups is 1. The van der Waals surface area contributed by atoms with E-state index in [0.29, 0.717) is 39.0 Å². The Bertz CT molecular complexity index is 239. The predicted molar refractivity (Wildman–Crippen MR) is 64.0 cm³/mol. The molecule has 0 atom stereocenters. The van der Waals surface area contributed by atoms with Gasteiger partial charge in [-0.05, 0) is 26.4 Å². The smallest absolute Gasteiger partial charge is 0.303 e. The number of rotatable bonds is 7. The van der Waals surface area contributed by atoms with Gasteiger partial charge in [0.1, 0.15) is 0 Å². The van der Waals surface area contributed by atoms with Crippen LogP contribution in [0.1, 0.15) is 32.1 Å². The van der Waals surface area contributed by atoms with E-state index in [4.69, 9.17) is 9.84 Å². The van der Waals surface area contributed by atoms with E-state index in [0.717, 1.165) is 13.0 Å². The topological polar surface area (TPSA) is 70.0 Å². The Labute approximate surface area is 102 Å². The predicted octanol–water partition coefficient (Wildman–Crippen LogP) is 0.715. The van der Waals surface area contributed by atoms with E-state index in [1.165, 1.54) is 0 Å². The van der Waals surface area contributed by atoms with Crippen molar-refractivity contribution in [3.05, 3.63) is 0 Å². The lowest BCUT2D eigenvalue weighted by Gasteiger charge is -2.35. The molecular formula is C12H23NO4. The first-order valence-corrected chi connectivity index (χ1v) is 6.22. The van der Waals surface area contributed by atoms with Crippen LogP contribution in [-0.4, -0.2) is 60.0 Å². The van der Waals surface area contributed by atoms with Crippen molar-refractivity contribution in [2.75, 3.05) is 33.4 Å². The highest BCUT2D eigenvalue weighted by molar-refractivity contribution is 5.66. The number of carboxylic acid groups (broad SMARTS) is 1. The fraction of sp³-hybridized carbons (Fsp3) is 0.917. The van der Waals surface area contributed by atoms with Crippen molar-refractivity contribution in [3.8, 4) is 0 Å². The van der Waals surface area contributed by atoms with Crippen LogP contribution in [0.4, 0.5) is 0 Å². The van der Waals surface area contributed by atoms with Crippen LogP contribution >= 0.6 is 0 Å². The molecule has 1 aliphatic heterocycles. The highest BCUT2D eigenvalue weighted by Gasteiger charge is 2.30. The third-order valence-electron chi connectivity index (χ3n) is 3.17. The van der Waals surface area contributed by atoms with Gasteiger partial charge in [0.2, 0.25) is 0 Å². The molecule has 0 aromatic rings. The van der Waals surface area contributed by atoms with E-state index >= 15 is 0 Å². The molecule has 0 bridgehead atoms. The fourth-order valence-electron chi connectivity index (χ4n) is 2.15. The Morgan fingerprint density at radius 2 is 2.00 bits per heavy atom. The molecule has 0 spiro atoms. The highest BCUT2D eigenvalue weighted by Crippen LogP contribution is 2.21. The maximum atomic E-state index is 10.3. The second-order valence-electron chi connectivity index (χ2n) is 4.93. The van der Waals surface area contributed by atoms with Crippen molar-refractivity contribution in [3.63, 3.8) is 0 Å². The van der Waals surface area contributed by atoms with Crippen molar-refractivity contribution in [1.29, 1.82) is 0 Å². The minimum absolute atomic E-state index is 0.228. The average molecular weight is 245 g/mol. The zero-order chi connectivity index (χ0) is 12.7. The van der Waals surface area contributed by atoms with Gasteiger partial charge in [-0.1, -0.05) is 0 Å². The third-order valence-corrected chi connectivity index (χ3v) is 3.17. The van der Waals surface area contributed by atoms with Crippen molar-refractivity contribution in [2.45, 2.75) is 37.7 Å². The summed E-state index contributed by atoms with van der Waals surface area (Å²) in [6, 6.07) is 0. The molecule has 5 heteroatoms. The minimum atomic E-state index is -0.740. The summed E-state index contributed by atoms with van der Waals surface area (Å²) in [6.45, 7) is 2.73. The van der Waals surface area contributed by atoms with Gasteiger partial charge in [0.15, 0.2) is 0 Å². The van der Waals surface area contributed by atoms with Crippen molar-refractivity contribution in [1.82, 2.24) is 4.90 Å². The zero-order valence-corrected chi connectivity index (χ0v) is 10.5. The van der Waals surface area contributed by atoms with E-state index in [2.05, 4.69) is 4.90 Å². The fourth-order valence-corrected chi connectivity index (χ4v) is 2.15. The Kier molecular flexibility index (Phi) is 5.88. The molecule has 17 heavy (non-hydrogen) atoms. The van der Waals surface area contributed by atoms with Gasteiger partial charge in [0, 0.05) is 39.0 Å². The summed E-state index contributed by atoms with van der Waals surface area (Å²) in [5, 5.41) is 18.8. The van der Waals surface area contributed by atoms with E-state index in [1.54, 1.807) is 0 Å². The number of aliphatic carboxylic acids is 1. The standard InChI is InChI=1S/C12H23NO4/c1-13(7-3-2-4-11(14)15)10-12(16)5-8-17-9-6-12/h16H,2-10H2,1H3,(H,14,15). The Morgan fingerprint density at radius 3 is 2.59 bits per heavy atom. The van der Waals surface area contributed by atoms with Crippen LogP contribution in [0.5, 0.6) is 0 Å². The van der Waals surface area contributed by atoms with Gasteiger partial charge in [-0.2, -0.15) is 0 Å². The van der Waals surface area contributed by atoms with Crippen LogP contribution in [0.25, 0.3) is 0 Å². The maximum Gasteiger partial charge on any atom is 0.303 e. The lowest BCUT2D eigenvalue weighted by molar-refractivity contribution is -0.137. The summed E-state index contributed by atoms with van der Waals surface area (Å²) < 4.78 is 5.23. The van der Waals surface area contributed by atoms with Gasteiger partial charge >= 0.3 is 5.97 Å². The van der Waals surface area contributed by atoms with E-state index in [-0.39, 0.29) is 6.42 Å². The number of hydrogen-bond donors (Lipinski definition) is 2. The molecule has 100 valence electrons. The Balaban J connectivity index is 2.15. The normalized spacial score (nSPS) is 19.5. The van der Waals surface area contributed by atoms with Gasteiger partial charge < -0.3 is 19.8 Å². The van der Waals surface area contributed by atoms with Gasteiger partial charge in [-0.25, -0.2) is 0 Å². The summed E-state index contributed by atoms with van der Waals surface area (Å²) in [4.78, 5) is 12.4. The first kappa shape index (κ1) is 14.4. The molecular weight excluding hydrogens is 222 g/mol. The first-order chi connectivity index (χ1) is 8.02. The molecule has 0 saturated carbocycles. The number of ether oxygens (including phenoxy) is 1. The number of aliphatic hydroxyl groups is 1. The van der Waals surface area contributed by atoms with E-state index in [9.17, 15) is 9.90 Å². The van der Waals surface area contributed by atoms with Gasteiger partial charge in [-0.3, -0.25) is 4.79 Å². The summed E-state index contributed by atoms with van der Waals surface area (Å²) >= 11 is 0. The number of carboxylic acids is 1. The SMILES string of the molecule is CN(CCCCC(=O)O)CC1(O)CCOCC1. The second-order valence-corrected chi connectivity index (χ2v) is 4.93. The summed E-state index contributed by atoms with van der Waals surface area (Å²) in [5.41, 5.74) is -0.625. The molecule has 2 N–H and O–H groups in total. The molecule has 1 heterocycles. The average Bonchev–Trinajstić information content (AvgIpc) is 2.24. The highest BCUT2D eigenvalue weighted by atomic mass is 16.5. The zero-order valence-electron chi connectivity index (χ0n) is 10.5. The summed E-state index contributed by atoms with van der Waals surface area (Å²) in [5.74, 6) is -0.740. The number of unbranched alkanes of at least 4 members (excludes halogenated alkanes) is 1. The molecule has 1 saturated heterocycles. The quantitative estimate of drug-likeness (QED) is 0.647. The Hall–Kier alpha value is -0.650. The van der Waals surface area contributed by atoms with Gasteiger partial charge in [-0.15, -0.1) is 0 Å². The number of nitrogens with zero attached hydrogens (tertiary/aromatic N) is 1. The van der Waals surface area contributed by atoms with Crippen molar-refractivity contribution in [2.24, 2.45) is 0 Å². The molecule has 5 nitrogen and oxygen atoms in total. The number of hydrogen-bond acceptors (Lipinski definition) is 4. The first-order valence-electron chi connectivity index (χ1n) is 6.22. The largest absolute Gasteiger partial charge is 0.481 e. The van der Waals surface area contributed by atoms with Crippen LogP contribution in [0, 0.1) is 0 Å². The van der Waals surface area contributed by atoms with Gasteiger partial charge in [0.25, 0.3) is 0 Å². The molecule has 0 aromatic carbocycles. The molecule has 0 aromatic heterocycles. The monoisotopic (exact) mass is 245 g/mol. The molecule has 1 aliphatic rings. The van der Waals surface area contributed by atoms with E-state index < -0.39 is 11.6 Å². The minimum Gasteiger partial charge on any atom is -0.481 e. The van der Waals surface area contributed by atoms with E-state index in [1.807, 2.05) is 7.05 Å². The second kappa shape index (κ2) is 6.93. The van der Waals surface area contributed by atoms with Crippen molar-refractivity contribution >= 4 is 5.97 Å². The third kappa shape index (κ3) is 6.00. The summed E-state index contributed by atoms with van der Waals surface area (Å²) in [7, 11) is 1.97. The maximum absolute atomic E-state index is 10.3. The van der Waals surface area contributed by atoms with Gasteiger partial charge in [0.05, 0.1) is 5.60 Å². The number of likely N-dealkylation sites (N-methyl/N-ethyl adjacent to an activating group) is 1. The molecule has 0 aliphatic carbocycles. The molecule has 1 rings (SSSR count). The lowest BCUT2D eigenvalue weighted by Crippen LogP contribution is -2.45. The summed E-state index contributed by atoms with van der Waals surface area (Å²) in [6.07, 6.45) is 3.15. The van der Waals surface area contributed by atoms with Crippen LogP contribution in [0.2, 0.25) is 0 Å². The Morgan fingerprint density at radius 1 is 1.35 bits per heavy atom. The lowest BCUT2D eigenvalue weighted by atomic mass is 9.94. The van der Waals surface area contributed by atoms with Crippen LogP contribution in [-0.2, 0) is 9.53 Å². The van der Waals surface area contributed by atoms with Crippen LogP contribution < -0.4 is 0 Å². The molecule has 0 amide bonds. The molecule has 0 unspecified atom stereocenters. The van der Waals surface area contributed by atoms with Crippen LogP contribution in [0.3, 0.4) is 0 Å². The van der Waals surface area contributed by atoms with Crippen molar-refractivity contribution < 1.29 is 19.7 Å². The molecule has 1 fully saturated rings. The van der Waals surface area contributed by atoms with Crippen LogP contribution in [0.15, 0.2) is 0 Å². The molecule has 0 radical (unpaired) electrons.